The molecule has 0 unspecified atom stereocenters. The fraction of sp³-hybridized carbons (Fsp3) is 0.364. The minimum Gasteiger partial charge on any atom is -0.369 e. The minimum atomic E-state index is -3.58. The van der Waals surface area contributed by atoms with E-state index in [1.165, 1.54) is 12.1 Å². The van der Waals surface area contributed by atoms with E-state index in [1.807, 2.05) is 13.8 Å². The van der Waals surface area contributed by atoms with Crippen LogP contribution in [0, 0.1) is 0 Å². The molecule has 0 bridgehead atoms. The highest BCUT2D eigenvalue weighted by molar-refractivity contribution is 7.92. The van der Waals surface area contributed by atoms with Crippen molar-refractivity contribution in [3.8, 4) is 0 Å². The number of benzene rings is 1. The van der Waals surface area contributed by atoms with Gasteiger partial charge in [-0.2, -0.15) is 0 Å². The largest absolute Gasteiger partial charge is 0.369 e. The number of hydrogen-bond acceptors (Lipinski definition) is 3. The summed E-state index contributed by atoms with van der Waals surface area (Å²) in [4.78, 5) is 10.7. The van der Waals surface area contributed by atoms with Crippen LogP contribution in [0.4, 0.5) is 0 Å². The van der Waals surface area contributed by atoms with Crippen molar-refractivity contribution in [3.63, 3.8) is 0 Å². The second-order valence-electron chi connectivity index (χ2n) is 3.95. The van der Waals surface area contributed by atoms with Gasteiger partial charge in [-0.15, -0.1) is 0 Å². The van der Waals surface area contributed by atoms with Gasteiger partial charge in [0.2, 0.25) is 5.91 Å². The number of sulfone groups is 1. The van der Waals surface area contributed by atoms with Crippen LogP contribution >= 0.6 is 0 Å². The number of carbonyl (C=O) groups excluding carboxylic acids is 1. The Morgan fingerprint density at radius 1 is 1.25 bits per heavy atom. The maximum atomic E-state index is 11.6. The lowest BCUT2D eigenvalue weighted by atomic mass is 10.0. The highest BCUT2D eigenvalue weighted by atomic mass is 32.2. The van der Waals surface area contributed by atoms with Crippen LogP contribution in [0.15, 0.2) is 29.2 Å². The predicted molar refractivity (Wildman–Crippen MR) is 61.8 cm³/mol. The molecule has 2 N–H and O–H groups in total. The molecule has 1 aromatic rings. The van der Waals surface area contributed by atoms with E-state index >= 15 is 0 Å². The zero-order valence-electron chi connectivity index (χ0n) is 9.30. The average molecular weight is 241 g/mol. The van der Waals surface area contributed by atoms with E-state index in [2.05, 4.69) is 0 Å². The summed E-state index contributed by atoms with van der Waals surface area (Å²) < 4.78 is 23.2. The molecule has 1 aromatic carbocycles. The van der Waals surface area contributed by atoms with E-state index < -0.39 is 21.5 Å². The molecule has 0 radical (unpaired) electrons. The summed E-state index contributed by atoms with van der Waals surface area (Å²) in [6.07, 6.45) is 0. The molecule has 0 aliphatic carbocycles. The molecule has 5 heteroatoms. The van der Waals surface area contributed by atoms with Crippen molar-refractivity contribution in [2.75, 3.05) is 5.75 Å². The molecule has 0 saturated carbocycles. The van der Waals surface area contributed by atoms with Crippen molar-refractivity contribution in [3.05, 3.63) is 29.8 Å². The lowest BCUT2D eigenvalue weighted by molar-refractivity contribution is -0.115. The molecule has 0 spiro atoms. The molecule has 4 nitrogen and oxygen atoms in total. The van der Waals surface area contributed by atoms with E-state index in [0.29, 0.717) is 5.92 Å². The zero-order chi connectivity index (χ0) is 12.3. The molecule has 0 aromatic heterocycles. The third-order valence-corrected chi connectivity index (χ3v) is 3.89. The first-order valence-corrected chi connectivity index (χ1v) is 6.59. The first-order chi connectivity index (χ1) is 7.33. The number of primary amides is 1. The smallest absolute Gasteiger partial charge is 0.233 e. The molecule has 0 aliphatic heterocycles. The third-order valence-electron chi connectivity index (χ3n) is 2.24. The van der Waals surface area contributed by atoms with Crippen LogP contribution in [0.5, 0.6) is 0 Å². The van der Waals surface area contributed by atoms with Gasteiger partial charge in [-0.1, -0.05) is 26.0 Å². The molecule has 0 saturated heterocycles. The van der Waals surface area contributed by atoms with Crippen LogP contribution in [-0.2, 0) is 14.6 Å². The van der Waals surface area contributed by atoms with Crippen molar-refractivity contribution < 1.29 is 13.2 Å². The monoisotopic (exact) mass is 241 g/mol. The molecule has 1 rings (SSSR count). The Balaban J connectivity index is 3.02. The van der Waals surface area contributed by atoms with Crippen LogP contribution < -0.4 is 5.73 Å². The Morgan fingerprint density at radius 3 is 2.12 bits per heavy atom. The quantitative estimate of drug-likeness (QED) is 0.856. The van der Waals surface area contributed by atoms with Crippen LogP contribution in [0.1, 0.15) is 25.3 Å². The zero-order valence-corrected chi connectivity index (χ0v) is 10.1. The molecule has 1 amide bonds. The molecule has 0 heterocycles. The van der Waals surface area contributed by atoms with Crippen molar-refractivity contribution in [1.29, 1.82) is 0 Å². The summed E-state index contributed by atoms with van der Waals surface area (Å²) in [5.41, 5.74) is 5.93. The molecule has 0 atom stereocenters. The maximum absolute atomic E-state index is 11.6. The van der Waals surface area contributed by atoms with Gasteiger partial charge in [0.05, 0.1) is 4.90 Å². The summed E-state index contributed by atoms with van der Waals surface area (Å²) >= 11 is 0. The highest BCUT2D eigenvalue weighted by Crippen LogP contribution is 2.17. The first-order valence-electron chi connectivity index (χ1n) is 4.94. The van der Waals surface area contributed by atoms with Crippen LogP contribution in [-0.4, -0.2) is 20.1 Å². The van der Waals surface area contributed by atoms with Gasteiger partial charge < -0.3 is 5.73 Å². The van der Waals surface area contributed by atoms with Crippen LogP contribution in [0.2, 0.25) is 0 Å². The normalized spacial score (nSPS) is 11.7. The van der Waals surface area contributed by atoms with E-state index in [0.717, 1.165) is 5.56 Å². The predicted octanol–water partition coefficient (Wildman–Crippen LogP) is 1.07. The van der Waals surface area contributed by atoms with Crippen molar-refractivity contribution in [2.45, 2.75) is 24.7 Å². The van der Waals surface area contributed by atoms with E-state index in [-0.39, 0.29) is 4.90 Å². The van der Waals surface area contributed by atoms with E-state index in [4.69, 9.17) is 5.73 Å². The standard InChI is InChI=1S/C11H15NO3S/c1-8(2)9-3-5-10(6-4-9)16(14,15)7-11(12)13/h3-6,8H,7H2,1-2H3,(H2,12,13). The Morgan fingerprint density at radius 2 is 1.75 bits per heavy atom. The topological polar surface area (TPSA) is 77.2 Å². The molecule has 0 aliphatic rings. The van der Waals surface area contributed by atoms with Crippen molar-refractivity contribution in [1.82, 2.24) is 0 Å². The second-order valence-corrected chi connectivity index (χ2v) is 5.94. The first kappa shape index (κ1) is 12.7. The van der Waals surface area contributed by atoms with Gasteiger partial charge in [-0.3, -0.25) is 4.79 Å². The SMILES string of the molecule is CC(C)c1ccc(S(=O)(=O)CC(N)=O)cc1. The Labute approximate surface area is 95.4 Å². The molecule has 88 valence electrons. The Bertz CT molecular complexity index is 474. The number of amides is 1. The van der Waals surface area contributed by atoms with Gasteiger partial charge in [0, 0.05) is 0 Å². The van der Waals surface area contributed by atoms with Crippen LogP contribution in [0.3, 0.4) is 0 Å². The molecular weight excluding hydrogens is 226 g/mol. The second kappa shape index (κ2) is 4.65. The Hall–Kier alpha value is -1.36. The van der Waals surface area contributed by atoms with Gasteiger partial charge >= 0.3 is 0 Å². The summed E-state index contributed by atoms with van der Waals surface area (Å²) in [5.74, 6) is -1.14. The van der Waals surface area contributed by atoms with Crippen molar-refractivity contribution in [2.24, 2.45) is 5.73 Å². The number of carbonyl (C=O) groups is 1. The minimum absolute atomic E-state index is 0.135. The van der Waals surface area contributed by atoms with Gasteiger partial charge in [-0.25, -0.2) is 8.42 Å². The molecule has 16 heavy (non-hydrogen) atoms. The summed E-state index contributed by atoms with van der Waals surface area (Å²) in [5, 5.41) is 0. The average Bonchev–Trinajstić information content (AvgIpc) is 2.16. The van der Waals surface area contributed by atoms with E-state index in [1.54, 1.807) is 12.1 Å². The lowest BCUT2D eigenvalue weighted by Crippen LogP contribution is -2.23. The van der Waals surface area contributed by atoms with Gasteiger partial charge in [0.25, 0.3) is 0 Å². The fourth-order valence-electron chi connectivity index (χ4n) is 1.33. The third kappa shape index (κ3) is 3.06. The van der Waals surface area contributed by atoms with Gasteiger partial charge in [0.15, 0.2) is 9.84 Å². The lowest BCUT2D eigenvalue weighted by Gasteiger charge is -2.06. The number of hydrogen-bond donors (Lipinski definition) is 1. The van der Waals surface area contributed by atoms with Crippen molar-refractivity contribution >= 4 is 15.7 Å². The summed E-state index contributed by atoms with van der Waals surface area (Å²) in [6, 6.07) is 6.51. The highest BCUT2D eigenvalue weighted by Gasteiger charge is 2.17. The fourth-order valence-corrected chi connectivity index (χ4v) is 2.42. The summed E-state index contributed by atoms with van der Waals surface area (Å²) in [7, 11) is -3.58. The number of rotatable bonds is 4. The van der Waals surface area contributed by atoms with Gasteiger partial charge in [-0.05, 0) is 23.6 Å². The number of nitrogens with two attached hydrogens (primary N) is 1. The van der Waals surface area contributed by atoms with Crippen LogP contribution in [0.25, 0.3) is 0 Å². The van der Waals surface area contributed by atoms with Gasteiger partial charge in [0.1, 0.15) is 5.75 Å². The molecular formula is C11H15NO3S. The van der Waals surface area contributed by atoms with E-state index in [9.17, 15) is 13.2 Å². The maximum Gasteiger partial charge on any atom is 0.233 e. The molecule has 0 fully saturated rings. The Kier molecular flexibility index (Phi) is 3.70. The summed E-state index contributed by atoms with van der Waals surface area (Å²) in [6.45, 7) is 4.04.